The Morgan fingerprint density at radius 1 is 1.07 bits per heavy atom. The molecule has 0 aliphatic carbocycles. The smallest absolute Gasteiger partial charge is 0.338 e. The van der Waals surface area contributed by atoms with Gasteiger partial charge in [-0.1, -0.05) is 30.3 Å². The molecule has 1 atom stereocenters. The molecule has 0 aromatic heterocycles. The van der Waals surface area contributed by atoms with E-state index < -0.39 is 5.97 Å². The van der Waals surface area contributed by atoms with Gasteiger partial charge in [0.25, 0.3) is 5.91 Å². The molecule has 0 bridgehead atoms. The van der Waals surface area contributed by atoms with E-state index in [1.54, 1.807) is 24.3 Å². The zero-order valence-corrected chi connectivity index (χ0v) is 16.5. The van der Waals surface area contributed by atoms with Crippen molar-refractivity contribution >= 4 is 11.9 Å². The van der Waals surface area contributed by atoms with Crippen LogP contribution < -0.4 is 10.1 Å². The summed E-state index contributed by atoms with van der Waals surface area (Å²) in [4.78, 5) is 23.9. The van der Waals surface area contributed by atoms with Gasteiger partial charge < -0.3 is 19.5 Å². The van der Waals surface area contributed by atoms with Crippen molar-refractivity contribution in [3.8, 4) is 5.75 Å². The van der Waals surface area contributed by atoms with Gasteiger partial charge in [0, 0.05) is 13.2 Å². The van der Waals surface area contributed by atoms with Crippen molar-refractivity contribution < 1.29 is 23.8 Å². The van der Waals surface area contributed by atoms with Crippen molar-refractivity contribution in [2.45, 2.75) is 31.8 Å². The van der Waals surface area contributed by atoms with E-state index in [0.717, 1.165) is 32.3 Å². The van der Waals surface area contributed by atoms with Crippen LogP contribution in [-0.2, 0) is 20.7 Å². The number of carbonyl (C=O) groups excluding carboxylic acids is 2. The maximum atomic E-state index is 12.1. The van der Waals surface area contributed by atoms with E-state index in [-0.39, 0.29) is 18.6 Å². The van der Waals surface area contributed by atoms with Crippen molar-refractivity contribution in [2.24, 2.45) is 0 Å². The van der Waals surface area contributed by atoms with Crippen LogP contribution in [0.15, 0.2) is 54.6 Å². The summed E-state index contributed by atoms with van der Waals surface area (Å²) >= 11 is 0. The summed E-state index contributed by atoms with van der Waals surface area (Å²) in [5.41, 5.74) is 1.61. The fourth-order valence-corrected chi connectivity index (χ4v) is 3.08. The number of hydrogen-bond donors (Lipinski definition) is 1. The van der Waals surface area contributed by atoms with Crippen LogP contribution >= 0.6 is 0 Å². The minimum absolute atomic E-state index is 0.144. The molecule has 29 heavy (non-hydrogen) atoms. The van der Waals surface area contributed by atoms with Crippen LogP contribution in [0.1, 0.15) is 35.2 Å². The highest BCUT2D eigenvalue weighted by Crippen LogP contribution is 2.17. The summed E-state index contributed by atoms with van der Waals surface area (Å²) in [6.07, 6.45) is 3.95. The molecular formula is C23H27NO5. The van der Waals surface area contributed by atoms with Gasteiger partial charge in [0.05, 0.1) is 11.7 Å². The topological polar surface area (TPSA) is 73.9 Å². The van der Waals surface area contributed by atoms with Crippen molar-refractivity contribution in [1.29, 1.82) is 0 Å². The predicted octanol–water partition coefficient (Wildman–Crippen LogP) is 3.15. The Morgan fingerprint density at radius 3 is 2.59 bits per heavy atom. The minimum Gasteiger partial charge on any atom is -0.491 e. The van der Waals surface area contributed by atoms with Gasteiger partial charge in [-0.25, -0.2) is 4.79 Å². The Morgan fingerprint density at radius 2 is 1.86 bits per heavy atom. The first kappa shape index (κ1) is 20.9. The Labute approximate surface area is 171 Å². The van der Waals surface area contributed by atoms with Crippen LogP contribution in [0.4, 0.5) is 0 Å². The first-order valence-corrected chi connectivity index (χ1v) is 10.0. The summed E-state index contributed by atoms with van der Waals surface area (Å²) < 4.78 is 16.3. The van der Waals surface area contributed by atoms with E-state index in [1.165, 1.54) is 5.56 Å². The lowest BCUT2D eigenvalue weighted by molar-refractivity contribution is -0.124. The van der Waals surface area contributed by atoms with Gasteiger partial charge in [-0.3, -0.25) is 4.79 Å². The monoisotopic (exact) mass is 397 g/mol. The van der Waals surface area contributed by atoms with Gasteiger partial charge in [0.2, 0.25) is 0 Å². The molecule has 3 rings (SSSR count). The average Bonchev–Trinajstić information content (AvgIpc) is 3.28. The molecule has 154 valence electrons. The lowest BCUT2D eigenvalue weighted by Gasteiger charge is -2.11. The zero-order valence-electron chi connectivity index (χ0n) is 16.5. The number of rotatable bonds is 10. The van der Waals surface area contributed by atoms with Crippen molar-refractivity contribution in [1.82, 2.24) is 5.32 Å². The van der Waals surface area contributed by atoms with Crippen LogP contribution in [-0.4, -0.2) is 44.3 Å². The zero-order chi connectivity index (χ0) is 20.3. The number of benzene rings is 2. The van der Waals surface area contributed by atoms with Crippen LogP contribution in [0.2, 0.25) is 0 Å². The highest BCUT2D eigenvalue weighted by Gasteiger charge is 2.16. The number of hydrogen-bond acceptors (Lipinski definition) is 5. The minimum atomic E-state index is -0.532. The number of ether oxygens (including phenoxy) is 3. The summed E-state index contributed by atoms with van der Waals surface area (Å²) in [6.45, 7) is 1.55. The molecule has 2 aromatic rings. The number of carbonyl (C=O) groups is 2. The normalized spacial score (nSPS) is 15.7. The first-order valence-electron chi connectivity index (χ1n) is 10.0. The first-order chi connectivity index (χ1) is 14.2. The van der Waals surface area contributed by atoms with Gasteiger partial charge in [-0.15, -0.1) is 0 Å². The second-order valence-electron chi connectivity index (χ2n) is 6.99. The lowest BCUT2D eigenvalue weighted by Crippen LogP contribution is -2.29. The van der Waals surface area contributed by atoms with Crippen LogP contribution in [0.25, 0.3) is 0 Å². The SMILES string of the molecule is O=C(COC(=O)c1ccc(OC[C@H]2CCCO2)cc1)NCCCc1ccccc1. The van der Waals surface area contributed by atoms with Gasteiger partial charge in [0.1, 0.15) is 12.4 Å². The quantitative estimate of drug-likeness (QED) is 0.492. The second kappa shape index (κ2) is 11.2. The molecule has 0 spiro atoms. The van der Waals surface area contributed by atoms with E-state index in [1.807, 2.05) is 18.2 Å². The van der Waals surface area contributed by atoms with E-state index in [9.17, 15) is 9.59 Å². The fraction of sp³-hybridized carbons (Fsp3) is 0.391. The summed E-state index contributed by atoms with van der Waals surface area (Å²) in [6, 6.07) is 16.8. The standard InChI is InChI=1S/C23H27NO5/c25-22(24-14-4-8-18-6-2-1-3-7-18)17-29-23(26)19-10-12-20(13-11-19)28-16-21-9-5-15-27-21/h1-3,6-7,10-13,21H,4-5,8-9,14-17H2,(H,24,25)/t21-/m1/s1. The Hall–Kier alpha value is -2.86. The third kappa shape index (κ3) is 7.23. The van der Waals surface area contributed by atoms with Gasteiger partial charge in [0.15, 0.2) is 6.61 Å². The molecule has 6 nitrogen and oxygen atoms in total. The highest BCUT2D eigenvalue weighted by molar-refractivity contribution is 5.91. The summed E-state index contributed by atoms with van der Waals surface area (Å²) in [7, 11) is 0. The van der Waals surface area contributed by atoms with Crippen LogP contribution in [0.5, 0.6) is 5.75 Å². The largest absolute Gasteiger partial charge is 0.491 e. The lowest BCUT2D eigenvalue weighted by atomic mass is 10.1. The molecule has 1 fully saturated rings. The van der Waals surface area contributed by atoms with E-state index in [4.69, 9.17) is 14.2 Å². The third-order valence-electron chi connectivity index (χ3n) is 4.69. The molecular weight excluding hydrogens is 370 g/mol. The fourth-order valence-electron chi connectivity index (χ4n) is 3.08. The molecule has 1 N–H and O–H groups in total. The maximum absolute atomic E-state index is 12.1. The van der Waals surface area contributed by atoms with Crippen molar-refractivity contribution in [2.75, 3.05) is 26.4 Å². The summed E-state index contributed by atoms with van der Waals surface area (Å²) in [5.74, 6) is -0.161. The Balaban J connectivity index is 1.31. The van der Waals surface area contributed by atoms with Crippen molar-refractivity contribution in [3.05, 3.63) is 65.7 Å². The van der Waals surface area contributed by atoms with E-state index in [2.05, 4.69) is 17.4 Å². The molecule has 1 saturated heterocycles. The number of aryl methyl sites for hydroxylation is 1. The second-order valence-corrected chi connectivity index (χ2v) is 6.99. The number of esters is 1. The van der Waals surface area contributed by atoms with Gasteiger partial charge in [-0.05, 0) is 55.5 Å². The molecule has 0 saturated carbocycles. The third-order valence-corrected chi connectivity index (χ3v) is 4.69. The van der Waals surface area contributed by atoms with Crippen molar-refractivity contribution in [3.63, 3.8) is 0 Å². The molecule has 2 aromatic carbocycles. The highest BCUT2D eigenvalue weighted by atomic mass is 16.5. The van der Waals surface area contributed by atoms with Crippen LogP contribution in [0, 0.1) is 0 Å². The molecule has 1 amide bonds. The van der Waals surface area contributed by atoms with Gasteiger partial charge >= 0.3 is 5.97 Å². The number of amides is 1. The molecule has 1 aliphatic rings. The molecule has 0 unspecified atom stereocenters. The van der Waals surface area contributed by atoms with Gasteiger partial charge in [-0.2, -0.15) is 0 Å². The maximum Gasteiger partial charge on any atom is 0.338 e. The number of nitrogens with one attached hydrogen (secondary N) is 1. The summed E-state index contributed by atoms with van der Waals surface area (Å²) in [5, 5.41) is 2.76. The molecule has 1 aliphatic heterocycles. The molecule has 0 radical (unpaired) electrons. The predicted molar refractivity (Wildman–Crippen MR) is 109 cm³/mol. The van der Waals surface area contributed by atoms with Crippen LogP contribution in [0.3, 0.4) is 0 Å². The molecule has 6 heteroatoms. The molecule has 1 heterocycles. The Kier molecular flexibility index (Phi) is 8.07. The van der Waals surface area contributed by atoms with E-state index >= 15 is 0 Å². The van der Waals surface area contributed by atoms with E-state index in [0.29, 0.717) is 24.5 Å². The average molecular weight is 397 g/mol. The Bertz CT molecular complexity index is 770.